The Kier molecular flexibility index (Phi) is 13.4. The van der Waals surface area contributed by atoms with Crippen LogP contribution in [0, 0.1) is 6.92 Å². The molecule has 0 saturated carbocycles. The Hall–Kier alpha value is 0.503. The van der Waals surface area contributed by atoms with Gasteiger partial charge < -0.3 is 4.90 Å². The van der Waals surface area contributed by atoms with Crippen LogP contribution >= 0.6 is 0 Å². The second kappa shape index (κ2) is 10.5. The van der Waals surface area contributed by atoms with Gasteiger partial charge in [0, 0.05) is 0 Å². The molecular weight excluding hydrogens is 195 g/mol. The van der Waals surface area contributed by atoms with Crippen LogP contribution < -0.4 is 0 Å². The van der Waals surface area contributed by atoms with Crippen molar-refractivity contribution in [2.24, 2.45) is 0 Å². The summed E-state index contributed by atoms with van der Waals surface area (Å²) in [5.41, 5.74) is 0. The van der Waals surface area contributed by atoms with Crippen molar-refractivity contribution in [3.63, 3.8) is 0 Å². The first-order chi connectivity index (χ1) is 4.85. The normalized spacial score (nSPS) is 9.82. The fraction of sp³-hybridized carbons (Fsp3) is 0.889. The standard InChI is InChI=1S/C9H20N.GeH4/c1-4-7-8-9-10(5-2)6-3;/h1,4-9H2,2-3H3;1H4. The molecule has 0 aromatic heterocycles. The molecule has 0 aliphatic rings. The quantitative estimate of drug-likeness (QED) is 0.473. The van der Waals surface area contributed by atoms with Crippen LogP contribution in [0.3, 0.4) is 0 Å². The van der Waals surface area contributed by atoms with Crippen molar-refractivity contribution in [3.05, 3.63) is 6.92 Å². The van der Waals surface area contributed by atoms with Gasteiger partial charge in [-0.2, -0.15) is 0 Å². The third-order valence-corrected chi connectivity index (χ3v) is 1.87. The maximum atomic E-state index is 3.82. The van der Waals surface area contributed by atoms with Crippen LogP contribution in [-0.2, 0) is 0 Å². The summed E-state index contributed by atoms with van der Waals surface area (Å²) >= 11 is 0. The summed E-state index contributed by atoms with van der Waals surface area (Å²) < 4.78 is 0. The fourth-order valence-corrected chi connectivity index (χ4v) is 1.05. The molecule has 0 aromatic carbocycles. The van der Waals surface area contributed by atoms with E-state index in [-0.39, 0.29) is 17.6 Å². The minimum absolute atomic E-state index is 0. The molecule has 0 spiro atoms. The van der Waals surface area contributed by atoms with E-state index in [0.717, 1.165) is 6.42 Å². The van der Waals surface area contributed by atoms with Crippen molar-refractivity contribution in [2.75, 3.05) is 19.6 Å². The topological polar surface area (TPSA) is 3.24 Å². The predicted molar refractivity (Wildman–Crippen MR) is 58.3 cm³/mol. The number of rotatable bonds is 6. The molecule has 2 heteroatoms. The van der Waals surface area contributed by atoms with E-state index >= 15 is 0 Å². The molecule has 0 unspecified atom stereocenters. The molecule has 1 nitrogen and oxygen atoms in total. The van der Waals surface area contributed by atoms with E-state index in [1.54, 1.807) is 0 Å². The molecule has 0 aliphatic heterocycles. The first-order valence-electron chi connectivity index (χ1n) is 4.36. The number of unbranched alkanes of at least 4 members (excludes halogenated alkanes) is 2. The molecule has 1 radical (unpaired) electrons. The summed E-state index contributed by atoms with van der Waals surface area (Å²) in [5.74, 6) is 0. The second-order valence-corrected chi connectivity index (χ2v) is 2.59. The molecule has 69 valence electrons. The second-order valence-electron chi connectivity index (χ2n) is 2.59. The van der Waals surface area contributed by atoms with Gasteiger partial charge in [-0.05, 0) is 26.1 Å². The van der Waals surface area contributed by atoms with Gasteiger partial charge in [0.15, 0.2) is 0 Å². The number of hydrogen-bond donors (Lipinski definition) is 0. The van der Waals surface area contributed by atoms with Gasteiger partial charge in [-0.15, -0.1) is 0 Å². The first kappa shape index (κ1) is 14.1. The molecule has 0 amide bonds. The molecule has 0 N–H and O–H groups in total. The van der Waals surface area contributed by atoms with E-state index in [1.807, 2.05) is 0 Å². The van der Waals surface area contributed by atoms with Crippen LogP contribution in [0.1, 0.15) is 33.1 Å². The van der Waals surface area contributed by atoms with Crippen LogP contribution in [-0.4, -0.2) is 42.1 Å². The number of hydrogen-bond acceptors (Lipinski definition) is 1. The maximum absolute atomic E-state index is 3.82. The van der Waals surface area contributed by atoms with Crippen molar-refractivity contribution in [1.29, 1.82) is 0 Å². The Morgan fingerprint density at radius 2 is 1.64 bits per heavy atom. The molecule has 0 atom stereocenters. The third kappa shape index (κ3) is 8.41. The summed E-state index contributed by atoms with van der Waals surface area (Å²) in [6.07, 6.45) is 3.67. The van der Waals surface area contributed by atoms with Gasteiger partial charge in [0.1, 0.15) is 0 Å². The van der Waals surface area contributed by atoms with Gasteiger partial charge in [0.25, 0.3) is 0 Å². The van der Waals surface area contributed by atoms with Crippen LogP contribution in [0.25, 0.3) is 0 Å². The Morgan fingerprint density at radius 3 is 2.00 bits per heavy atom. The van der Waals surface area contributed by atoms with E-state index in [9.17, 15) is 0 Å². The van der Waals surface area contributed by atoms with Crippen molar-refractivity contribution in [1.82, 2.24) is 4.90 Å². The Balaban J connectivity index is 0. The Labute approximate surface area is 82.5 Å². The van der Waals surface area contributed by atoms with E-state index in [1.165, 1.54) is 32.5 Å². The minimum atomic E-state index is 0. The SMILES string of the molecule is [CH2]CCCCN(CC)CC.[GeH4]. The van der Waals surface area contributed by atoms with E-state index in [0.29, 0.717) is 0 Å². The molecule has 0 fully saturated rings. The van der Waals surface area contributed by atoms with Gasteiger partial charge >= 0.3 is 17.6 Å². The Morgan fingerprint density at radius 1 is 1.09 bits per heavy atom. The Bertz CT molecular complexity index is 62.6. The van der Waals surface area contributed by atoms with Gasteiger partial charge in [-0.25, -0.2) is 0 Å². The monoisotopic (exact) mass is 220 g/mol. The molecule has 0 rings (SSSR count). The molecule has 0 aromatic rings. The average Bonchev–Trinajstić information content (AvgIpc) is 1.99. The van der Waals surface area contributed by atoms with Gasteiger partial charge in [0.05, 0.1) is 0 Å². The zero-order chi connectivity index (χ0) is 7.82. The van der Waals surface area contributed by atoms with Crippen LogP contribution in [0.2, 0.25) is 0 Å². The first-order valence-corrected chi connectivity index (χ1v) is 4.36. The third-order valence-electron chi connectivity index (χ3n) is 1.87. The fourth-order valence-electron chi connectivity index (χ4n) is 1.05. The van der Waals surface area contributed by atoms with Gasteiger partial charge in [-0.1, -0.05) is 33.6 Å². The summed E-state index contributed by atoms with van der Waals surface area (Å²) in [6.45, 7) is 11.9. The van der Waals surface area contributed by atoms with Gasteiger partial charge in [-0.3, -0.25) is 0 Å². The zero-order valence-electron chi connectivity index (χ0n) is 7.40. The average molecular weight is 219 g/mol. The predicted octanol–water partition coefficient (Wildman–Crippen LogP) is 0.881. The molecule has 11 heavy (non-hydrogen) atoms. The summed E-state index contributed by atoms with van der Waals surface area (Å²) in [5, 5.41) is 0. The molecule has 0 saturated heterocycles. The van der Waals surface area contributed by atoms with E-state index in [4.69, 9.17) is 0 Å². The van der Waals surface area contributed by atoms with Crippen LogP contribution in [0.15, 0.2) is 0 Å². The summed E-state index contributed by atoms with van der Waals surface area (Å²) in [7, 11) is 0. The molecule has 0 heterocycles. The van der Waals surface area contributed by atoms with Crippen molar-refractivity contribution < 1.29 is 0 Å². The van der Waals surface area contributed by atoms with Crippen LogP contribution in [0.4, 0.5) is 0 Å². The summed E-state index contributed by atoms with van der Waals surface area (Å²) in [6, 6.07) is 0. The van der Waals surface area contributed by atoms with E-state index < -0.39 is 0 Å². The molecular formula is C9H24GeN. The van der Waals surface area contributed by atoms with Gasteiger partial charge in [0.2, 0.25) is 0 Å². The van der Waals surface area contributed by atoms with Crippen molar-refractivity contribution in [3.8, 4) is 0 Å². The van der Waals surface area contributed by atoms with Crippen LogP contribution in [0.5, 0.6) is 0 Å². The van der Waals surface area contributed by atoms with E-state index in [2.05, 4.69) is 25.7 Å². The number of nitrogens with zero attached hydrogens (tertiary/aromatic N) is 1. The van der Waals surface area contributed by atoms with Crippen molar-refractivity contribution >= 4 is 17.6 Å². The molecule has 0 aliphatic carbocycles. The summed E-state index contributed by atoms with van der Waals surface area (Å²) in [4.78, 5) is 2.45. The zero-order valence-corrected chi connectivity index (χ0v) is 7.40. The molecule has 0 bridgehead atoms. The van der Waals surface area contributed by atoms with Crippen molar-refractivity contribution in [2.45, 2.75) is 33.1 Å².